The smallest absolute Gasteiger partial charge is 0.311 e. The molecule has 2 saturated heterocycles. The summed E-state index contributed by atoms with van der Waals surface area (Å²) in [5, 5.41) is 0.371. The van der Waals surface area contributed by atoms with E-state index in [1.807, 2.05) is 48.5 Å². The van der Waals surface area contributed by atoms with Gasteiger partial charge in [0.15, 0.2) is 11.8 Å². The van der Waals surface area contributed by atoms with E-state index in [0.29, 0.717) is 40.6 Å². The fraction of sp³-hybridized carbons (Fsp3) is 0.419. The molecule has 12 heteroatoms. The van der Waals surface area contributed by atoms with Gasteiger partial charge in [-0.2, -0.15) is 18.1 Å². The highest BCUT2D eigenvalue weighted by Gasteiger charge is 2.55. The van der Waals surface area contributed by atoms with Crippen molar-refractivity contribution in [1.82, 2.24) is 14.5 Å². The van der Waals surface area contributed by atoms with Gasteiger partial charge in [-0.15, -0.1) is 0 Å². The number of aromatic nitrogens is 3. The molecule has 2 fully saturated rings. The van der Waals surface area contributed by atoms with Gasteiger partial charge in [0.2, 0.25) is 0 Å². The first-order valence-corrected chi connectivity index (χ1v) is 17.0. The van der Waals surface area contributed by atoms with Crippen LogP contribution in [0.3, 0.4) is 0 Å². The van der Waals surface area contributed by atoms with E-state index >= 15 is 8.78 Å². The molecular formula is C31H33ClF2N4O4S. The third kappa shape index (κ3) is 6.13. The maximum Gasteiger partial charge on any atom is 0.311 e. The second-order valence-electron chi connectivity index (χ2n) is 11.2. The van der Waals surface area contributed by atoms with E-state index in [1.165, 1.54) is 0 Å². The minimum Gasteiger partial charge on any atom is -0.452 e. The van der Waals surface area contributed by atoms with Crippen LogP contribution in [0.5, 0.6) is 6.01 Å². The van der Waals surface area contributed by atoms with Gasteiger partial charge in [-0.05, 0) is 55.0 Å². The van der Waals surface area contributed by atoms with Crippen LogP contribution in [0.15, 0.2) is 59.0 Å². The zero-order valence-electron chi connectivity index (χ0n) is 24.1. The van der Waals surface area contributed by atoms with E-state index in [9.17, 15) is 4.21 Å². The van der Waals surface area contributed by atoms with Crippen molar-refractivity contribution in [3.63, 3.8) is 0 Å². The summed E-state index contributed by atoms with van der Waals surface area (Å²) in [4.78, 5) is 9.43. The van der Waals surface area contributed by atoms with Crippen LogP contribution in [0, 0.1) is 0 Å². The quantitative estimate of drug-likeness (QED) is 0.208. The number of ether oxygens (including phenoxy) is 3. The first-order chi connectivity index (χ1) is 20.5. The Balaban J connectivity index is 1.35. The molecule has 2 aromatic heterocycles. The predicted molar refractivity (Wildman–Crippen MR) is 164 cm³/mol. The molecule has 43 heavy (non-hydrogen) atoms. The van der Waals surface area contributed by atoms with Crippen LogP contribution in [0.25, 0.3) is 33.5 Å². The molecule has 8 nitrogen and oxygen atoms in total. The van der Waals surface area contributed by atoms with E-state index in [2.05, 4.69) is 9.35 Å². The van der Waals surface area contributed by atoms with Crippen molar-refractivity contribution in [3.05, 3.63) is 59.6 Å². The van der Waals surface area contributed by atoms with Crippen molar-refractivity contribution in [1.29, 1.82) is 0 Å². The topological polar surface area (TPSA) is 87.8 Å². The summed E-state index contributed by atoms with van der Waals surface area (Å²) in [6, 6.07) is 17.0. The van der Waals surface area contributed by atoms with Crippen LogP contribution in [-0.4, -0.2) is 62.6 Å². The fourth-order valence-electron chi connectivity index (χ4n) is 5.50. The Morgan fingerprint density at radius 1 is 1.05 bits per heavy atom. The average Bonchev–Trinajstić information content (AvgIpc) is 3.47. The van der Waals surface area contributed by atoms with Crippen LogP contribution in [0.4, 0.5) is 14.5 Å². The van der Waals surface area contributed by atoms with Crippen molar-refractivity contribution < 1.29 is 27.2 Å². The molecule has 1 unspecified atom stereocenters. The van der Waals surface area contributed by atoms with Gasteiger partial charge in [-0.1, -0.05) is 54.9 Å². The summed E-state index contributed by atoms with van der Waals surface area (Å²) in [6.07, 6.45) is 2.74. The van der Waals surface area contributed by atoms with E-state index in [4.69, 9.17) is 30.8 Å². The second kappa shape index (κ2) is 11.8. The first-order valence-electron chi connectivity index (χ1n) is 14.3. The zero-order chi connectivity index (χ0) is 30.4. The molecule has 2 aromatic carbocycles. The largest absolute Gasteiger partial charge is 0.452 e. The highest BCUT2D eigenvalue weighted by molar-refractivity contribution is 7.92. The predicted octanol–water partition coefficient (Wildman–Crippen LogP) is 7.67. The molecule has 0 saturated carbocycles. The Hall–Kier alpha value is -3.12. The van der Waals surface area contributed by atoms with Gasteiger partial charge in [0.1, 0.15) is 17.8 Å². The molecule has 4 heterocycles. The first kappa shape index (κ1) is 29.9. The number of alkyl halides is 2. The number of halogens is 3. The minimum atomic E-state index is -3.16. The van der Waals surface area contributed by atoms with Crippen LogP contribution in [-0.2, 0) is 19.2 Å². The molecule has 2 aliphatic rings. The molecule has 0 radical (unpaired) electrons. The van der Waals surface area contributed by atoms with Crippen LogP contribution >= 0.6 is 11.6 Å². The lowest BCUT2D eigenvalue weighted by Crippen LogP contribution is -2.42. The monoisotopic (exact) mass is 630 g/mol. The van der Waals surface area contributed by atoms with Crippen molar-refractivity contribution in [2.24, 2.45) is 4.36 Å². The number of hydrogen-bond acceptors (Lipinski definition) is 7. The lowest BCUT2D eigenvalue weighted by Gasteiger charge is -2.27. The van der Waals surface area contributed by atoms with Gasteiger partial charge in [0.05, 0.1) is 23.0 Å². The molecule has 6 rings (SSSR count). The van der Waals surface area contributed by atoms with Gasteiger partial charge in [-0.3, -0.25) is 4.57 Å². The Morgan fingerprint density at radius 2 is 1.72 bits per heavy atom. The summed E-state index contributed by atoms with van der Waals surface area (Å²) in [7, 11) is -2.24. The van der Waals surface area contributed by atoms with Crippen LogP contribution in [0.2, 0.25) is 5.02 Å². The number of hydrogen-bond donors (Lipinski definition) is 0. The summed E-state index contributed by atoms with van der Waals surface area (Å²) in [5.41, 5.74) is 4.80. The molecule has 2 aliphatic heterocycles. The highest BCUT2D eigenvalue weighted by Crippen LogP contribution is 2.40. The number of fused-ring (bicyclic) bond motifs is 1. The number of nitrogens with zero attached hydrogens (tertiary/aromatic N) is 4. The van der Waals surface area contributed by atoms with Crippen LogP contribution < -0.4 is 4.74 Å². The molecule has 0 bridgehead atoms. The van der Waals surface area contributed by atoms with Gasteiger partial charge in [0, 0.05) is 34.4 Å². The fourth-order valence-corrected chi connectivity index (χ4v) is 6.39. The van der Waals surface area contributed by atoms with Gasteiger partial charge in [-0.25, -0.2) is 9.19 Å². The Labute approximate surface area is 254 Å². The van der Waals surface area contributed by atoms with E-state index in [1.54, 1.807) is 30.1 Å². The lowest BCUT2D eigenvalue weighted by atomic mass is 10.0. The molecule has 0 spiro atoms. The van der Waals surface area contributed by atoms with Crippen molar-refractivity contribution in [2.75, 3.05) is 25.7 Å². The van der Waals surface area contributed by atoms with Crippen molar-refractivity contribution in [3.8, 4) is 28.4 Å². The molecular weight excluding hydrogens is 598 g/mol. The summed E-state index contributed by atoms with van der Waals surface area (Å²) >= 11 is 6.71. The third-order valence-electron chi connectivity index (χ3n) is 7.64. The zero-order valence-corrected chi connectivity index (χ0v) is 25.7. The highest BCUT2D eigenvalue weighted by atomic mass is 35.5. The molecule has 228 valence electrons. The Kier molecular flexibility index (Phi) is 8.18. The molecule has 0 N–H and O–H groups in total. The summed E-state index contributed by atoms with van der Waals surface area (Å²) < 4.78 is 65.2. The van der Waals surface area contributed by atoms with Gasteiger partial charge >= 0.3 is 11.9 Å². The number of rotatable bonds is 7. The van der Waals surface area contributed by atoms with E-state index in [-0.39, 0.29) is 19.0 Å². The van der Waals surface area contributed by atoms with Crippen molar-refractivity contribution in [2.45, 2.75) is 57.0 Å². The van der Waals surface area contributed by atoms with Gasteiger partial charge < -0.3 is 14.2 Å². The maximum absolute atomic E-state index is 15.0. The summed E-state index contributed by atoms with van der Waals surface area (Å²) in [6.45, 7) is 1.97. The van der Waals surface area contributed by atoms with Crippen molar-refractivity contribution >= 4 is 38.2 Å². The average molecular weight is 631 g/mol. The lowest BCUT2D eigenvalue weighted by molar-refractivity contribution is -0.109. The van der Waals surface area contributed by atoms with E-state index < -0.39 is 34.1 Å². The number of benzene rings is 2. The third-order valence-corrected chi connectivity index (χ3v) is 8.58. The number of imidazole rings is 1. The minimum absolute atomic E-state index is 0.0140. The normalized spacial score (nSPS) is 22.1. The molecule has 0 amide bonds. The maximum atomic E-state index is 15.0. The van der Waals surface area contributed by atoms with Crippen LogP contribution in [0.1, 0.15) is 38.8 Å². The van der Waals surface area contributed by atoms with E-state index in [0.717, 1.165) is 29.5 Å². The second-order valence-corrected chi connectivity index (χ2v) is 14.1. The molecule has 4 aromatic rings. The molecule has 3 atom stereocenters. The Bertz CT molecular complexity index is 1740. The number of pyridine rings is 1. The Morgan fingerprint density at radius 3 is 2.33 bits per heavy atom. The SMILES string of the molecule is CC[C@H]1OC[C@@H](Oc2nc3cc(Cl)c(-c4ccc(-c5ccc(N=S(C)(C)=O)cc5)cc4)nc3n2C2CCCCO2)C1(F)F. The molecule has 0 aliphatic carbocycles. The summed E-state index contributed by atoms with van der Waals surface area (Å²) in [5.74, 6) is -3.16. The van der Waals surface area contributed by atoms with Gasteiger partial charge in [0.25, 0.3) is 0 Å². The standard InChI is InChI=1S/C31H33ClF2N4O4S/c1-4-25-31(33,34)26(18-41-25)42-30-35-24-17-23(32)28(36-29(24)38(30)27-7-5-6-16-40-27)21-10-8-19(9-11-21)20-12-14-22(15-13-20)37-43(2,3)39/h8-15,17,25-27H,4-7,16,18H2,1-3H3/t25-,26-,27?/m1/s1.